The number of thioether (sulfide) groups is 2. The zero-order chi connectivity index (χ0) is 18.6. The monoisotopic (exact) mass is 380 g/mol. The zero-order valence-corrected chi connectivity index (χ0v) is 14.4. The maximum Gasteiger partial charge on any atom is 0.216 e. The van der Waals surface area contributed by atoms with Crippen molar-refractivity contribution in [3.63, 3.8) is 0 Å². The highest BCUT2D eigenvalue weighted by molar-refractivity contribution is 8.14. The molecule has 0 unspecified atom stereocenters. The topological polar surface area (TPSA) is 34.1 Å². The highest BCUT2D eigenvalue weighted by Crippen LogP contribution is 2.33. The van der Waals surface area contributed by atoms with Crippen molar-refractivity contribution >= 4 is 33.8 Å². The van der Waals surface area contributed by atoms with Crippen LogP contribution >= 0.6 is 23.5 Å². The SMILES string of the molecule is C=CC(=O)Sc1ccc(-c2ccc(SC(=O)C=C)c(F)c2F)cc1F. The lowest BCUT2D eigenvalue weighted by molar-refractivity contribution is -0.107. The Morgan fingerprint density at radius 2 is 1.40 bits per heavy atom. The summed E-state index contributed by atoms with van der Waals surface area (Å²) in [4.78, 5) is 22.4. The molecule has 7 heteroatoms. The fraction of sp³-hybridized carbons (Fsp3) is 0. The molecule has 0 spiro atoms. The van der Waals surface area contributed by atoms with Gasteiger partial charge in [0.25, 0.3) is 0 Å². The van der Waals surface area contributed by atoms with Crippen LogP contribution in [-0.2, 0) is 9.59 Å². The third-order valence-electron chi connectivity index (χ3n) is 3.04. The number of rotatable bonds is 5. The van der Waals surface area contributed by atoms with Gasteiger partial charge in [0.15, 0.2) is 11.6 Å². The molecule has 0 heterocycles. The van der Waals surface area contributed by atoms with Gasteiger partial charge in [-0.15, -0.1) is 0 Å². The summed E-state index contributed by atoms with van der Waals surface area (Å²) in [5.74, 6) is -3.12. The second-order valence-corrected chi connectivity index (χ2v) is 6.73. The fourth-order valence-corrected chi connectivity index (χ4v) is 3.09. The predicted octanol–water partition coefficient (Wildman–Crippen LogP) is 5.38. The Hall–Kier alpha value is -2.25. The summed E-state index contributed by atoms with van der Waals surface area (Å²) in [5, 5.41) is -0.956. The van der Waals surface area contributed by atoms with Gasteiger partial charge >= 0.3 is 0 Å². The molecule has 0 aromatic heterocycles. The van der Waals surface area contributed by atoms with Crippen LogP contribution in [0.5, 0.6) is 0 Å². The molecule has 0 amide bonds. The summed E-state index contributed by atoms with van der Waals surface area (Å²) in [6, 6.07) is 6.19. The second-order valence-electron chi connectivity index (χ2n) is 4.63. The molecule has 2 nitrogen and oxygen atoms in total. The van der Waals surface area contributed by atoms with E-state index in [2.05, 4.69) is 13.2 Å². The van der Waals surface area contributed by atoms with E-state index in [1.807, 2.05) is 0 Å². The summed E-state index contributed by atoms with van der Waals surface area (Å²) >= 11 is 1.15. The van der Waals surface area contributed by atoms with Crippen molar-refractivity contribution in [1.82, 2.24) is 0 Å². The van der Waals surface area contributed by atoms with E-state index in [4.69, 9.17) is 0 Å². The summed E-state index contributed by atoms with van der Waals surface area (Å²) < 4.78 is 42.5. The van der Waals surface area contributed by atoms with Gasteiger partial charge in [-0.1, -0.05) is 25.3 Å². The minimum atomic E-state index is -1.20. The van der Waals surface area contributed by atoms with E-state index in [1.54, 1.807) is 0 Å². The lowest BCUT2D eigenvalue weighted by atomic mass is 10.0. The molecule has 2 rings (SSSR count). The van der Waals surface area contributed by atoms with E-state index in [0.29, 0.717) is 23.5 Å². The first-order valence-corrected chi connectivity index (χ1v) is 8.47. The van der Waals surface area contributed by atoms with Crippen molar-refractivity contribution in [3.8, 4) is 11.1 Å². The first kappa shape index (κ1) is 19.1. The van der Waals surface area contributed by atoms with Crippen LogP contribution < -0.4 is 0 Å². The van der Waals surface area contributed by atoms with Gasteiger partial charge in [-0.05, 0) is 59.4 Å². The number of carbonyl (C=O) groups is 2. The van der Waals surface area contributed by atoms with E-state index in [9.17, 15) is 22.8 Å². The van der Waals surface area contributed by atoms with Gasteiger partial charge in [0, 0.05) is 5.56 Å². The zero-order valence-electron chi connectivity index (χ0n) is 12.7. The van der Waals surface area contributed by atoms with Crippen LogP contribution in [-0.4, -0.2) is 10.2 Å². The molecule has 0 saturated carbocycles. The maximum absolute atomic E-state index is 14.3. The van der Waals surface area contributed by atoms with Crippen molar-refractivity contribution in [2.45, 2.75) is 9.79 Å². The summed E-state index contributed by atoms with van der Waals surface area (Å²) in [6.07, 6.45) is 2.04. The Kier molecular flexibility index (Phi) is 6.27. The third kappa shape index (κ3) is 4.43. The van der Waals surface area contributed by atoms with Gasteiger partial charge in [0.1, 0.15) is 5.82 Å². The average molecular weight is 380 g/mol. The molecule has 0 radical (unpaired) electrons. The lowest BCUT2D eigenvalue weighted by Crippen LogP contribution is -1.96. The smallest absolute Gasteiger partial charge is 0.216 e. The van der Waals surface area contributed by atoms with Crippen LogP contribution in [0.3, 0.4) is 0 Å². The van der Waals surface area contributed by atoms with Gasteiger partial charge < -0.3 is 0 Å². The molecule has 0 saturated heterocycles. The van der Waals surface area contributed by atoms with Crippen LogP contribution in [0.15, 0.2) is 65.4 Å². The van der Waals surface area contributed by atoms with Crippen molar-refractivity contribution in [1.29, 1.82) is 0 Å². The second kappa shape index (κ2) is 8.22. The number of hydrogen-bond acceptors (Lipinski definition) is 4. The maximum atomic E-state index is 14.3. The Bertz CT molecular complexity index is 879. The Morgan fingerprint density at radius 3 is 1.96 bits per heavy atom. The first-order chi connectivity index (χ1) is 11.9. The number of hydrogen-bond donors (Lipinski definition) is 0. The highest BCUT2D eigenvalue weighted by atomic mass is 32.2. The van der Waals surface area contributed by atoms with E-state index in [0.717, 1.165) is 18.2 Å². The van der Waals surface area contributed by atoms with Crippen LogP contribution in [0.2, 0.25) is 0 Å². The van der Waals surface area contributed by atoms with Crippen LogP contribution in [0, 0.1) is 17.5 Å². The molecule has 128 valence electrons. The number of carbonyl (C=O) groups excluding carboxylic acids is 2. The Balaban J connectivity index is 2.39. The van der Waals surface area contributed by atoms with E-state index >= 15 is 0 Å². The van der Waals surface area contributed by atoms with Gasteiger partial charge in [0.05, 0.1) is 9.79 Å². The Labute approximate surface area is 150 Å². The van der Waals surface area contributed by atoms with Crippen molar-refractivity contribution in [2.75, 3.05) is 0 Å². The molecule has 0 atom stereocenters. The van der Waals surface area contributed by atoms with Crippen LogP contribution in [0.1, 0.15) is 0 Å². The molecular weight excluding hydrogens is 369 g/mol. The van der Waals surface area contributed by atoms with Crippen LogP contribution in [0.4, 0.5) is 13.2 Å². The molecule has 2 aromatic rings. The normalized spacial score (nSPS) is 10.4. The Morgan fingerprint density at radius 1 is 0.840 bits per heavy atom. The summed E-state index contributed by atoms with van der Waals surface area (Å²) in [5.41, 5.74) is -0.0469. The lowest BCUT2D eigenvalue weighted by Gasteiger charge is -2.09. The predicted molar refractivity (Wildman–Crippen MR) is 93.9 cm³/mol. The third-order valence-corrected chi connectivity index (χ3v) is 4.87. The van der Waals surface area contributed by atoms with Gasteiger partial charge in [0.2, 0.25) is 10.2 Å². The largest absolute Gasteiger partial charge is 0.282 e. The van der Waals surface area contributed by atoms with Gasteiger partial charge in [-0.25, -0.2) is 13.2 Å². The number of halogens is 3. The first-order valence-electron chi connectivity index (χ1n) is 6.83. The molecule has 2 aromatic carbocycles. The van der Waals surface area contributed by atoms with E-state index in [-0.39, 0.29) is 20.9 Å². The summed E-state index contributed by atoms with van der Waals surface area (Å²) in [6.45, 7) is 6.55. The minimum Gasteiger partial charge on any atom is -0.282 e. The molecule has 0 bridgehead atoms. The molecule has 25 heavy (non-hydrogen) atoms. The molecule has 0 aliphatic rings. The van der Waals surface area contributed by atoms with Crippen molar-refractivity contribution in [3.05, 3.63) is 73.1 Å². The van der Waals surface area contributed by atoms with Crippen molar-refractivity contribution < 1.29 is 22.8 Å². The molecule has 0 fully saturated rings. The highest BCUT2D eigenvalue weighted by Gasteiger charge is 2.18. The summed E-state index contributed by atoms with van der Waals surface area (Å²) in [7, 11) is 0. The molecule has 0 aliphatic heterocycles. The van der Waals surface area contributed by atoms with Crippen molar-refractivity contribution in [2.24, 2.45) is 0 Å². The van der Waals surface area contributed by atoms with Gasteiger partial charge in [-0.2, -0.15) is 0 Å². The molecular formula is C18H11F3O2S2. The standard InChI is InChI=1S/C18H11F3O2S2/c1-3-15(22)24-13-7-5-10(9-12(13)19)11-6-8-14(18(21)17(11)20)25-16(23)4-2/h3-9H,1-2H2. The molecule has 0 N–H and O–H groups in total. The minimum absolute atomic E-state index is 0.0540. The van der Waals surface area contributed by atoms with Crippen LogP contribution in [0.25, 0.3) is 11.1 Å². The number of benzene rings is 2. The van der Waals surface area contributed by atoms with Gasteiger partial charge in [-0.3, -0.25) is 9.59 Å². The quantitative estimate of drug-likeness (QED) is 0.515. The average Bonchev–Trinajstić information content (AvgIpc) is 2.60. The van der Waals surface area contributed by atoms with E-state index < -0.39 is 27.7 Å². The van der Waals surface area contributed by atoms with E-state index in [1.165, 1.54) is 24.3 Å². The fourth-order valence-electron chi connectivity index (χ4n) is 1.88. The molecule has 0 aliphatic carbocycles.